The molecule has 1 fully saturated rings. The zero-order valence-corrected chi connectivity index (χ0v) is 13.5. The molecule has 5 nitrogen and oxygen atoms in total. The van der Waals surface area contributed by atoms with Crippen molar-refractivity contribution in [3.8, 4) is 0 Å². The number of rotatable bonds is 4. The van der Waals surface area contributed by atoms with E-state index in [1.165, 1.54) is 0 Å². The van der Waals surface area contributed by atoms with Crippen LogP contribution in [0.5, 0.6) is 0 Å². The monoisotopic (exact) mass is 284 g/mol. The maximum atomic E-state index is 12.6. The fraction of sp³-hybridized carbons (Fsp3) is 0.867. The molecule has 1 heterocycles. The fourth-order valence-electron chi connectivity index (χ4n) is 2.30. The van der Waals surface area contributed by atoms with Gasteiger partial charge < -0.3 is 15.0 Å². The van der Waals surface area contributed by atoms with E-state index in [1.807, 2.05) is 41.5 Å². The summed E-state index contributed by atoms with van der Waals surface area (Å²) < 4.78 is 5.69. The minimum absolute atomic E-state index is 0.00383. The minimum Gasteiger partial charge on any atom is -0.374 e. The van der Waals surface area contributed by atoms with E-state index in [9.17, 15) is 9.59 Å². The first kappa shape index (κ1) is 17.0. The first-order valence-corrected chi connectivity index (χ1v) is 7.35. The van der Waals surface area contributed by atoms with Gasteiger partial charge in [-0.3, -0.25) is 9.59 Å². The van der Waals surface area contributed by atoms with E-state index in [2.05, 4.69) is 5.32 Å². The van der Waals surface area contributed by atoms with Crippen molar-refractivity contribution in [2.24, 2.45) is 5.92 Å². The highest BCUT2D eigenvalue weighted by molar-refractivity contribution is 5.90. The molecule has 2 unspecified atom stereocenters. The van der Waals surface area contributed by atoms with Crippen molar-refractivity contribution in [1.82, 2.24) is 10.2 Å². The van der Waals surface area contributed by atoms with Gasteiger partial charge in [0.25, 0.3) is 0 Å². The van der Waals surface area contributed by atoms with Gasteiger partial charge in [-0.2, -0.15) is 0 Å². The molecule has 1 aliphatic heterocycles. The lowest BCUT2D eigenvalue weighted by Crippen LogP contribution is -2.50. The number of nitrogens with zero attached hydrogens (tertiary/aromatic N) is 1. The second kappa shape index (κ2) is 6.57. The summed E-state index contributed by atoms with van der Waals surface area (Å²) in [5.74, 6) is 0.0300. The predicted molar refractivity (Wildman–Crippen MR) is 78.3 cm³/mol. The Kier molecular flexibility index (Phi) is 5.57. The maximum Gasteiger partial charge on any atom is 0.245 e. The smallest absolute Gasteiger partial charge is 0.245 e. The third-order valence-electron chi connectivity index (χ3n) is 3.41. The molecule has 0 saturated carbocycles. The Bertz CT molecular complexity index is 361. The van der Waals surface area contributed by atoms with E-state index in [-0.39, 0.29) is 29.4 Å². The zero-order chi connectivity index (χ0) is 15.5. The molecule has 0 bridgehead atoms. The molecule has 0 aromatic heterocycles. The quantitative estimate of drug-likeness (QED) is 0.852. The largest absolute Gasteiger partial charge is 0.374 e. The Morgan fingerprint density at radius 1 is 1.35 bits per heavy atom. The molecule has 0 aromatic carbocycles. The van der Waals surface area contributed by atoms with Crippen LogP contribution in [0.15, 0.2) is 0 Å². The molecular formula is C15H28N2O3. The van der Waals surface area contributed by atoms with E-state index < -0.39 is 6.04 Å². The van der Waals surface area contributed by atoms with Crippen LogP contribution in [0, 0.1) is 5.92 Å². The van der Waals surface area contributed by atoms with Gasteiger partial charge in [0, 0.05) is 19.0 Å². The zero-order valence-electron chi connectivity index (χ0n) is 13.5. The van der Waals surface area contributed by atoms with Crippen molar-refractivity contribution in [1.29, 1.82) is 0 Å². The Balaban J connectivity index is 2.74. The molecule has 20 heavy (non-hydrogen) atoms. The van der Waals surface area contributed by atoms with Gasteiger partial charge in [-0.1, -0.05) is 13.8 Å². The van der Waals surface area contributed by atoms with Gasteiger partial charge in [0.15, 0.2) is 0 Å². The molecule has 116 valence electrons. The van der Waals surface area contributed by atoms with E-state index in [0.29, 0.717) is 19.6 Å². The fourth-order valence-corrected chi connectivity index (χ4v) is 2.30. The van der Waals surface area contributed by atoms with Gasteiger partial charge in [0.05, 0.1) is 12.2 Å². The number of amides is 2. The van der Waals surface area contributed by atoms with Crippen molar-refractivity contribution in [3.63, 3.8) is 0 Å². The normalized spacial score (nSPS) is 24.9. The summed E-state index contributed by atoms with van der Waals surface area (Å²) in [6.07, 6.45) is 0.352. The van der Waals surface area contributed by atoms with Crippen LogP contribution >= 0.6 is 0 Å². The van der Waals surface area contributed by atoms with Crippen LogP contribution in [0.25, 0.3) is 0 Å². The number of carbonyl (C=O) groups excluding carboxylic acids is 2. The lowest BCUT2D eigenvalue weighted by molar-refractivity contribution is -0.137. The molecule has 1 N–H and O–H groups in total. The Labute approximate surface area is 122 Å². The highest BCUT2D eigenvalue weighted by Gasteiger charge is 2.35. The molecule has 0 spiro atoms. The third-order valence-corrected chi connectivity index (χ3v) is 3.41. The number of ether oxygens (including phenoxy) is 1. The molecule has 1 saturated heterocycles. The van der Waals surface area contributed by atoms with Crippen molar-refractivity contribution in [3.05, 3.63) is 0 Å². The van der Waals surface area contributed by atoms with Crippen molar-refractivity contribution in [2.45, 2.75) is 65.6 Å². The lowest BCUT2D eigenvalue weighted by Gasteiger charge is -2.31. The van der Waals surface area contributed by atoms with Crippen molar-refractivity contribution < 1.29 is 14.3 Å². The maximum absolute atomic E-state index is 12.6. The average Bonchev–Trinajstić information content (AvgIpc) is 2.37. The average molecular weight is 284 g/mol. The minimum atomic E-state index is -0.429. The van der Waals surface area contributed by atoms with Crippen molar-refractivity contribution in [2.75, 3.05) is 13.2 Å². The first-order chi connectivity index (χ1) is 9.11. The second-order valence-electron chi connectivity index (χ2n) is 6.83. The molecule has 0 radical (unpaired) electrons. The molecule has 2 atom stereocenters. The van der Waals surface area contributed by atoms with Gasteiger partial charge in [-0.05, 0) is 33.6 Å². The van der Waals surface area contributed by atoms with Gasteiger partial charge in [-0.25, -0.2) is 0 Å². The lowest BCUT2D eigenvalue weighted by atomic mass is 10.0. The molecule has 5 heteroatoms. The summed E-state index contributed by atoms with van der Waals surface area (Å²) in [7, 11) is 0. The van der Waals surface area contributed by atoms with Gasteiger partial charge >= 0.3 is 0 Å². The van der Waals surface area contributed by atoms with Gasteiger partial charge in [0.2, 0.25) is 11.8 Å². The Hall–Kier alpha value is -1.10. The van der Waals surface area contributed by atoms with Crippen LogP contribution in [0.2, 0.25) is 0 Å². The highest BCUT2D eigenvalue weighted by Crippen LogP contribution is 2.16. The number of nitrogens with one attached hydrogen (secondary N) is 1. The van der Waals surface area contributed by atoms with Crippen LogP contribution in [0.1, 0.15) is 48.0 Å². The first-order valence-electron chi connectivity index (χ1n) is 7.35. The van der Waals surface area contributed by atoms with Crippen LogP contribution in [0.4, 0.5) is 0 Å². The SMILES string of the molecule is CC(C)C1NC(=O)CC(C)N(CCOC(C)(C)C)C1=O. The molecular weight excluding hydrogens is 256 g/mol. The van der Waals surface area contributed by atoms with Crippen molar-refractivity contribution >= 4 is 11.8 Å². The summed E-state index contributed by atoms with van der Waals surface area (Å²) in [5, 5.41) is 2.82. The summed E-state index contributed by atoms with van der Waals surface area (Å²) >= 11 is 0. The summed E-state index contributed by atoms with van der Waals surface area (Å²) in [6, 6.07) is -0.517. The van der Waals surface area contributed by atoms with Gasteiger partial charge in [-0.15, -0.1) is 0 Å². The number of carbonyl (C=O) groups is 2. The number of hydrogen-bond donors (Lipinski definition) is 1. The summed E-state index contributed by atoms with van der Waals surface area (Å²) in [5.41, 5.74) is -0.219. The summed E-state index contributed by atoms with van der Waals surface area (Å²) in [4.78, 5) is 26.1. The molecule has 0 aliphatic carbocycles. The van der Waals surface area contributed by atoms with Crippen LogP contribution in [-0.2, 0) is 14.3 Å². The van der Waals surface area contributed by atoms with Crippen LogP contribution < -0.4 is 5.32 Å². The van der Waals surface area contributed by atoms with E-state index >= 15 is 0 Å². The highest BCUT2D eigenvalue weighted by atomic mass is 16.5. The topological polar surface area (TPSA) is 58.6 Å². The van der Waals surface area contributed by atoms with E-state index in [0.717, 1.165) is 0 Å². The number of hydrogen-bond acceptors (Lipinski definition) is 3. The second-order valence-corrected chi connectivity index (χ2v) is 6.83. The van der Waals surface area contributed by atoms with E-state index in [1.54, 1.807) is 4.90 Å². The standard InChI is InChI=1S/C15H28N2O3/c1-10(2)13-14(19)17(7-8-20-15(4,5)6)11(3)9-12(18)16-13/h10-11,13H,7-9H2,1-6H3,(H,16,18). The van der Waals surface area contributed by atoms with Crippen LogP contribution in [-0.4, -0.2) is 47.6 Å². The molecule has 2 amide bonds. The third kappa shape index (κ3) is 4.78. The summed E-state index contributed by atoms with van der Waals surface area (Å²) in [6.45, 7) is 12.8. The van der Waals surface area contributed by atoms with Crippen LogP contribution in [0.3, 0.4) is 0 Å². The van der Waals surface area contributed by atoms with Gasteiger partial charge in [0.1, 0.15) is 6.04 Å². The Morgan fingerprint density at radius 2 is 1.95 bits per heavy atom. The molecule has 1 aliphatic rings. The van der Waals surface area contributed by atoms with E-state index in [4.69, 9.17) is 4.74 Å². The Morgan fingerprint density at radius 3 is 2.45 bits per heavy atom. The predicted octanol–water partition coefficient (Wildman–Crippen LogP) is 1.56. The molecule has 1 rings (SSSR count). The molecule has 0 aromatic rings.